The maximum atomic E-state index is 5.03. The molecule has 0 fully saturated rings. The number of hydrogen-bond acceptors (Lipinski definition) is 2. The van der Waals surface area contributed by atoms with Crippen molar-refractivity contribution in [2.24, 2.45) is 0 Å². The molecule has 2 aromatic rings. The molecular formula is C13H15IN2O. The lowest BCUT2D eigenvalue weighted by molar-refractivity contribution is 0.189. The number of benzene rings is 1. The molecule has 0 aliphatic heterocycles. The van der Waals surface area contributed by atoms with Crippen molar-refractivity contribution in [1.29, 1.82) is 0 Å². The first-order chi connectivity index (χ1) is 8.29. The quantitative estimate of drug-likeness (QED) is 0.616. The third kappa shape index (κ3) is 3.54. The van der Waals surface area contributed by atoms with E-state index in [2.05, 4.69) is 58.2 Å². The van der Waals surface area contributed by atoms with Crippen LogP contribution in [-0.4, -0.2) is 23.5 Å². The van der Waals surface area contributed by atoms with E-state index in [4.69, 9.17) is 4.74 Å². The van der Waals surface area contributed by atoms with Crippen LogP contribution in [0.3, 0.4) is 0 Å². The smallest absolute Gasteiger partial charge is 0.0568 e. The Labute approximate surface area is 115 Å². The zero-order chi connectivity index (χ0) is 12.1. The summed E-state index contributed by atoms with van der Waals surface area (Å²) in [6.45, 7) is 1.68. The Morgan fingerprint density at radius 3 is 2.71 bits per heavy atom. The van der Waals surface area contributed by atoms with Crippen LogP contribution in [0.5, 0.6) is 0 Å². The number of hydrogen-bond donors (Lipinski definition) is 0. The minimum absolute atomic E-state index is 0.777. The van der Waals surface area contributed by atoms with Gasteiger partial charge in [-0.3, -0.25) is 4.68 Å². The zero-order valence-electron chi connectivity index (χ0n) is 9.77. The summed E-state index contributed by atoms with van der Waals surface area (Å²) < 4.78 is 8.24. The van der Waals surface area contributed by atoms with Crippen LogP contribution >= 0.6 is 22.6 Å². The lowest BCUT2D eigenvalue weighted by Crippen LogP contribution is -2.01. The maximum absolute atomic E-state index is 5.03. The lowest BCUT2D eigenvalue weighted by atomic mass is 10.1. The second-order valence-corrected chi connectivity index (χ2v) is 5.09. The van der Waals surface area contributed by atoms with E-state index >= 15 is 0 Å². The fraction of sp³-hybridized carbons (Fsp3) is 0.308. The van der Waals surface area contributed by atoms with Crippen molar-refractivity contribution in [2.45, 2.75) is 13.0 Å². The van der Waals surface area contributed by atoms with Crippen LogP contribution in [0.4, 0.5) is 0 Å². The highest BCUT2D eigenvalue weighted by Crippen LogP contribution is 2.19. The van der Waals surface area contributed by atoms with Crippen molar-refractivity contribution in [3.63, 3.8) is 0 Å². The van der Waals surface area contributed by atoms with Gasteiger partial charge in [-0.15, -0.1) is 0 Å². The van der Waals surface area contributed by atoms with Gasteiger partial charge in [-0.05, 0) is 46.7 Å². The van der Waals surface area contributed by atoms with E-state index < -0.39 is 0 Å². The van der Waals surface area contributed by atoms with Crippen molar-refractivity contribution in [3.8, 4) is 11.1 Å². The van der Waals surface area contributed by atoms with Gasteiger partial charge in [-0.2, -0.15) is 5.10 Å². The summed E-state index contributed by atoms with van der Waals surface area (Å²) in [7, 11) is 1.72. The molecule has 0 bridgehead atoms. The molecule has 1 aromatic heterocycles. The van der Waals surface area contributed by atoms with Crippen LogP contribution in [0, 0.1) is 3.57 Å². The third-order valence-corrected chi connectivity index (χ3v) is 3.27. The van der Waals surface area contributed by atoms with Gasteiger partial charge in [0.1, 0.15) is 0 Å². The molecule has 0 aliphatic rings. The van der Waals surface area contributed by atoms with Gasteiger partial charge in [0.15, 0.2) is 0 Å². The summed E-state index contributed by atoms with van der Waals surface area (Å²) in [5.74, 6) is 0. The van der Waals surface area contributed by atoms with Gasteiger partial charge in [0.25, 0.3) is 0 Å². The van der Waals surface area contributed by atoms with E-state index in [1.807, 2.05) is 10.9 Å². The van der Waals surface area contributed by atoms with E-state index in [-0.39, 0.29) is 0 Å². The Balaban J connectivity index is 2.04. The number of methoxy groups -OCH3 is 1. The van der Waals surface area contributed by atoms with Crippen LogP contribution < -0.4 is 0 Å². The summed E-state index contributed by atoms with van der Waals surface area (Å²) in [6, 6.07) is 8.47. The molecule has 0 saturated carbocycles. The molecule has 0 saturated heterocycles. The second kappa shape index (κ2) is 6.16. The molecule has 0 radical (unpaired) electrons. The molecule has 90 valence electrons. The first kappa shape index (κ1) is 12.6. The highest BCUT2D eigenvalue weighted by Gasteiger charge is 2.01. The van der Waals surface area contributed by atoms with Crippen LogP contribution in [0.15, 0.2) is 36.7 Å². The van der Waals surface area contributed by atoms with Crippen molar-refractivity contribution in [2.75, 3.05) is 13.7 Å². The highest BCUT2D eigenvalue weighted by atomic mass is 127. The van der Waals surface area contributed by atoms with Crippen molar-refractivity contribution >= 4 is 22.6 Å². The first-order valence-electron chi connectivity index (χ1n) is 5.57. The van der Waals surface area contributed by atoms with Crippen LogP contribution in [0.1, 0.15) is 6.42 Å². The zero-order valence-corrected chi connectivity index (χ0v) is 11.9. The Kier molecular flexibility index (Phi) is 4.56. The molecule has 0 amide bonds. The summed E-state index contributed by atoms with van der Waals surface area (Å²) >= 11 is 2.31. The van der Waals surface area contributed by atoms with E-state index in [9.17, 15) is 0 Å². The average Bonchev–Trinajstić information content (AvgIpc) is 2.79. The number of nitrogens with zero attached hydrogens (tertiary/aromatic N) is 2. The minimum atomic E-state index is 0.777. The number of aromatic nitrogens is 2. The number of ether oxygens (including phenoxy) is 1. The standard InChI is InChI=1S/C13H15IN2O/c1-17-8-2-7-16-10-12(9-15-16)11-3-5-13(14)6-4-11/h3-6,9-10H,2,7-8H2,1H3. The predicted octanol–water partition coefficient (Wildman–Crippen LogP) is 3.19. The Bertz CT molecular complexity index is 465. The van der Waals surface area contributed by atoms with Gasteiger partial charge in [-0.1, -0.05) is 12.1 Å². The van der Waals surface area contributed by atoms with Crippen molar-refractivity contribution < 1.29 is 4.74 Å². The molecule has 4 heteroatoms. The van der Waals surface area contributed by atoms with Gasteiger partial charge < -0.3 is 4.74 Å². The minimum Gasteiger partial charge on any atom is -0.385 e. The largest absolute Gasteiger partial charge is 0.385 e. The van der Waals surface area contributed by atoms with E-state index in [1.54, 1.807) is 7.11 Å². The van der Waals surface area contributed by atoms with E-state index in [0.717, 1.165) is 19.6 Å². The van der Waals surface area contributed by atoms with Crippen LogP contribution in [-0.2, 0) is 11.3 Å². The first-order valence-corrected chi connectivity index (χ1v) is 6.65. The maximum Gasteiger partial charge on any atom is 0.0568 e. The average molecular weight is 342 g/mol. The summed E-state index contributed by atoms with van der Waals surface area (Å²) in [6.07, 6.45) is 4.98. The van der Waals surface area contributed by atoms with Crippen molar-refractivity contribution in [1.82, 2.24) is 9.78 Å². The Morgan fingerprint density at radius 1 is 1.24 bits per heavy atom. The van der Waals surface area contributed by atoms with Crippen LogP contribution in [0.25, 0.3) is 11.1 Å². The second-order valence-electron chi connectivity index (χ2n) is 3.85. The molecule has 0 aliphatic carbocycles. The normalized spacial score (nSPS) is 10.7. The third-order valence-electron chi connectivity index (χ3n) is 2.55. The van der Waals surface area contributed by atoms with E-state index in [1.165, 1.54) is 14.7 Å². The molecule has 3 nitrogen and oxygen atoms in total. The summed E-state index contributed by atoms with van der Waals surface area (Å²) in [5.41, 5.74) is 2.38. The predicted molar refractivity (Wildman–Crippen MR) is 76.9 cm³/mol. The summed E-state index contributed by atoms with van der Waals surface area (Å²) in [5, 5.41) is 4.35. The lowest BCUT2D eigenvalue weighted by Gasteiger charge is -2.00. The molecule has 2 rings (SSSR count). The molecule has 17 heavy (non-hydrogen) atoms. The molecule has 0 unspecified atom stereocenters. The fourth-order valence-electron chi connectivity index (χ4n) is 1.65. The number of aryl methyl sites for hydroxylation is 1. The van der Waals surface area contributed by atoms with Crippen LogP contribution in [0.2, 0.25) is 0 Å². The number of halogens is 1. The van der Waals surface area contributed by atoms with Gasteiger partial charge in [0.2, 0.25) is 0 Å². The van der Waals surface area contributed by atoms with Gasteiger partial charge in [-0.25, -0.2) is 0 Å². The molecule has 0 N–H and O–H groups in total. The Morgan fingerprint density at radius 2 is 2.00 bits per heavy atom. The molecule has 1 aromatic carbocycles. The molecule has 0 atom stereocenters. The number of rotatable bonds is 5. The van der Waals surface area contributed by atoms with Crippen molar-refractivity contribution in [3.05, 3.63) is 40.2 Å². The SMILES string of the molecule is COCCCn1cc(-c2ccc(I)cc2)cn1. The summed E-state index contributed by atoms with van der Waals surface area (Å²) in [4.78, 5) is 0. The van der Waals surface area contributed by atoms with Gasteiger partial charge >= 0.3 is 0 Å². The highest BCUT2D eigenvalue weighted by molar-refractivity contribution is 14.1. The molecule has 0 spiro atoms. The molecule has 1 heterocycles. The van der Waals surface area contributed by atoms with Gasteiger partial charge in [0.05, 0.1) is 6.20 Å². The fourth-order valence-corrected chi connectivity index (χ4v) is 2.01. The van der Waals surface area contributed by atoms with Gasteiger partial charge in [0, 0.05) is 35.6 Å². The topological polar surface area (TPSA) is 27.1 Å². The van der Waals surface area contributed by atoms with E-state index in [0.29, 0.717) is 0 Å². The molecular weight excluding hydrogens is 327 g/mol. The Hall–Kier alpha value is -0.880. The monoisotopic (exact) mass is 342 g/mol.